The third kappa shape index (κ3) is 2.59. The zero-order chi connectivity index (χ0) is 14.0. The number of hydrogen-bond acceptors (Lipinski definition) is 4. The number of ether oxygens (including phenoxy) is 2. The first kappa shape index (κ1) is 13.5. The SMILES string of the molecule is CCOC(=O)[C@H]1CC(=O)c2cc(OC)c(F)cc2C1. The van der Waals surface area contributed by atoms with Crippen LogP contribution in [0.2, 0.25) is 0 Å². The van der Waals surface area contributed by atoms with Gasteiger partial charge in [-0.2, -0.15) is 0 Å². The van der Waals surface area contributed by atoms with Gasteiger partial charge in [0.1, 0.15) is 0 Å². The van der Waals surface area contributed by atoms with E-state index in [1.54, 1.807) is 6.92 Å². The van der Waals surface area contributed by atoms with Crippen molar-refractivity contribution in [2.45, 2.75) is 19.8 Å². The van der Waals surface area contributed by atoms with E-state index in [0.717, 1.165) is 0 Å². The van der Waals surface area contributed by atoms with E-state index >= 15 is 0 Å². The Balaban J connectivity index is 2.32. The van der Waals surface area contributed by atoms with Gasteiger partial charge in [0.25, 0.3) is 0 Å². The summed E-state index contributed by atoms with van der Waals surface area (Å²) in [6, 6.07) is 2.66. The third-order valence-electron chi connectivity index (χ3n) is 3.20. The molecule has 1 aromatic rings. The molecule has 0 aromatic heterocycles. The molecule has 2 rings (SSSR count). The van der Waals surface area contributed by atoms with E-state index in [4.69, 9.17) is 9.47 Å². The van der Waals surface area contributed by atoms with Crippen LogP contribution in [0, 0.1) is 11.7 Å². The van der Waals surface area contributed by atoms with Crippen molar-refractivity contribution in [3.05, 3.63) is 29.1 Å². The molecule has 1 aliphatic carbocycles. The van der Waals surface area contributed by atoms with Gasteiger partial charge in [0.2, 0.25) is 0 Å². The average Bonchev–Trinajstić information content (AvgIpc) is 2.38. The molecule has 0 unspecified atom stereocenters. The minimum absolute atomic E-state index is 0.0432. The number of ketones is 1. The van der Waals surface area contributed by atoms with Gasteiger partial charge in [-0.05, 0) is 31.0 Å². The van der Waals surface area contributed by atoms with Crippen LogP contribution in [0.1, 0.15) is 29.3 Å². The first-order chi connectivity index (χ1) is 9.06. The maximum absolute atomic E-state index is 13.6. The summed E-state index contributed by atoms with van der Waals surface area (Å²) in [6.07, 6.45) is 0.418. The zero-order valence-corrected chi connectivity index (χ0v) is 10.9. The van der Waals surface area contributed by atoms with Gasteiger partial charge in [-0.1, -0.05) is 0 Å². The van der Waals surface area contributed by atoms with Gasteiger partial charge in [-0.25, -0.2) is 4.39 Å². The maximum Gasteiger partial charge on any atom is 0.309 e. The quantitative estimate of drug-likeness (QED) is 0.786. The molecule has 19 heavy (non-hydrogen) atoms. The predicted molar refractivity (Wildman–Crippen MR) is 65.7 cm³/mol. The molecule has 0 spiro atoms. The van der Waals surface area contributed by atoms with Crippen molar-refractivity contribution in [3.8, 4) is 5.75 Å². The second-order valence-corrected chi connectivity index (χ2v) is 4.42. The predicted octanol–water partition coefficient (Wildman–Crippen LogP) is 2.14. The van der Waals surface area contributed by atoms with Crippen molar-refractivity contribution in [2.24, 2.45) is 5.92 Å². The molecule has 0 radical (unpaired) electrons. The van der Waals surface area contributed by atoms with Crippen LogP contribution in [-0.4, -0.2) is 25.5 Å². The first-order valence-corrected chi connectivity index (χ1v) is 6.13. The molecule has 5 heteroatoms. The topological polar surface area (TPSA) is 52.6 Å². The highest BCUT2D eigenvalue weighted by Gasteiger charge is 2.31. The average molecular weight is 266 g/mol. The third-order valence-corrected chi connectivity index (χ3v) is 3.20. The van der Waals surface area contributed by atoms with Crippen LogP contribution < -0.4 is 4.74 Å². The summed E-state index contributed by atoms with van der Waals surface area (Å²) in [7, 11) is 1.35. The number of halogens is 1. The summed E-state index contributed by atoms with van der Waals surface area (Å²) in [4.78, 5) is 23.7. The lowest BCUT2D eigenvalue weighted by molar-refractivity contribution is -0.148. The van der Waals surface area contributed by atoms with Gasteiger partial charge < -0.3 is 9.47 Å². The summed E-state index contributed by atoms with van der Waals surface area (Å²) in [5, 5.41) is 0. The van der Waals surface area contributed by atoms with E-state index < -0.39 is 17.7 Å². The van der Waals surface area contributed by atoms with Crippen LogP contribution in [-0.2, 0) is 16.0 Å². The number of hydrogen-bond donors (Lipinski definition) is 0. The van der Waals surface area contributed by atoms with E-state index in [1.807, 2.05) is 0 Å². The van der Waals surface area contributed by atoms with E-state index in [2.05, 4.69) is 0 Å². The number of benzene rings is 1. The van der Waals surface area contributed by atoms with E-state index in [9.17, 15) is 14.0 Å². The summed E-state index contributed by atoms with van der Waals surface area (Å²) in [6.45, 7) is 1.98. The Bertz CT molecular complexity index is 524. The van der Waals surface area contributed by atoms with Gasteiger partial charge in [0.05, 0.1) is 19.6 Å². The number of Topliss-reactive ketones (excluding diaryl/α,β-unsaturated/α-hetero) is 1. The lowest BCUT2D eigenvalue weighted by atomic mass is 9.83. The lowest BCUT2D eigenvalue weighted by Crippen LogP contribution is -2.28. The minimum atomic E-state index is -0.529. The van der Waals surface area contributed by atoms with Crippen LogP contribution >= 0.6 is 0 Å². The lowest BCUT2D eigenvalue weighted by Gasteiger charge is -2.22. The molecule has 0 aliphatic heterocycles. The van der Waals surface area contributed by atoms with E-state index in [1.165, 1.54) is 19.2 Å². The summed E-state index contributed by atoms with van der Waals surface area (Å²) < 4.78 is 23.4. The summed E-state index contributed by atoms with van der Waals surface area (Å²) in [5.41, 5.74) is 0.964. The van der Waals surface area contributed by atoms with Gasteiger partial charge in [-0.3, -0.25) is 9.59 Å². The molecule has 1 aliphatic rings. The Morgan fingerprint density at radius 3 is 2.79 bits per heavy atom. The van der Waals surface area contributed by atoms with Crippen LogP contribution in [0.3, 0.4) is 0 Å². The highest BCUT2D eigenvalue weighted by Crippen LogP contribution is 2.31. The zero-order valence-electron chi connectivity index (χ0n) is 10.9. The molecule has 1 aromatic carbocycles. The molecule has 102 valence electrons. The number of esters is 1. The van der Waals surface area contributed by atoms with Crippen molar-refractivity contribution >= 4 is 11.8 Å². The Labute approximate surface area is 110 Å². The fourth-order valence-electron chi connectivity index (χ4n) is 2.28. The Morgan fingerprint density at radius 2 is 2.16 bits per heavy atom. The number of fused-ring (bicyclic) bond motifs is 1. The number of carbonyl (C=O) groups is 2. The molecule has 0 bridgehead atoms. The summed E-state index contributed by atoms with van der Waals surface area (Å²) in [5.74, 6) is -1.59. The second kappa shape index (κ2) is 5.38. The molecule has 0 fully saturated rings. The first-order valence-electron chi connectivity index (χ1n) is 6.13. The molecule has 0 heterocycles. The molecule has 0 N–H and O–H groups in total. The van der Waals surface area contributed by atoms with Crippen molar-refractivity contribution in [3.63, 3.8) is 0 Å². The summed E-state index contributed by atoms with van der Waals surface area (Å²) >= 11 is 0. The molecular formula is C14H15FO4. The van der Waals surface area contributed by atoms with Gasteiger partial charge in [0.15, 0.2) is 17.3 Å². The van der Waals surface area contributed by atoms with Crippen molar-refractivity contribution in [1.29, 1.82) is 0 Å². The maximum atomic E-state index is 13.6. The molecule has 4 nitrogen and oxygen atoms in total. The Morgan fingerprint density at radius 1 is 1.42 bits per heavy atom. The van der Waals surface area contributed by atoms with Crippen LogP contribution in [0.15, 0.2) is 12.1 Å². The largest absolute Gasteiger partial charge is 0.494 e. The van der Waals surface area contributed by atoms with Crippen LogP contribution in [0.5, 0.6) is 5.75 Å². The molecular weight excluding hydrogens is 251 g/mol. The molecule has 0 saturated heterocycles. The van der Waals surface area contributed by atoms with Crippen LogP contribution in [0.25, 0.3) is 0 Å². The van der Waals surface area contributed by atoms with Gasteiger partial charge in [0, 0.05) is 12.0 Å². The highest BCUT2D eigenvalue weighted by molar-refractivity contribution is 6.01. The fraction of sp³-hybridized carbons (Fsp3) is 0.429. The molecule has 0 amide bonds. The Kier molecular flexibility index (Phi) is 3.83. The number of rotatable bonds is 3. The number of methoxy groups -OCH3 is 1. The standard InChI is InChI=1S/C14H15FO4/c1-3-19-14(17)9-4-8-5-11(15)13(18-2)7-10(8)12(16)6-9/h5,7,9H,3-4,6H2,1-2H3/t9-/m1/s1. The van der Waals surface area contributed by atoms with Gasteiger partial charge in [-0.15, -0.1) is 0 Å². The molecule has 0 saturated carbocycles. The van der Waals surface area contributed by atoms with Crippen molar-refractivity contribution < 1.29 is 23.5 Å². The Hall–Kier alpha value is -1.91. The van der Waals surface area contributed by atoms with Crippen molar-refractivity contribution in [1.82, 2.24) is 0 Å². The smallest absolute Gasteiger partial charge is 0.309 e. The normalized spacial score (nSPS) is 17.8. The van der Waals surface area contributed by atoms with Gasteiger partial charge >= 0.3 is 5.97 Å². The fourth-order valence-corrected chi connectivity index (χ4v) is 2.28. The highest BCUT2D eigenvalue weighted by atomic mass is 19.1. The van der Waals surface area contributed by atoms with Crippen LogP contribution in [0.4, 0.5) is 4.39 Å². The van der Waals surface area contributed by atoms with E-state index in [0.29, 0.717) is 17.5 Å². The minimum Gasteiger partial charge on any atom is -0.494 e. The molecule has 1 atom stereocenters. The number of carbonyl (C=O) groups excluding carboxylic acids is 2. The monoisotopic (exact) mass is 266 g/mol. The van der Waals surface area contributed by atoms with Crippen molar-refractivity contribution in [2.75, 3.05) is 13.7 Å². The second-order valence-electron chi connectivity index (χ2n) is 4.42. The van der Waals surface area contributed by atoms with E-state index in [-0.39, 0.29) is 24.6 Å².